The van der Waals surface area contributed by atoms with Crippen molar-refractivity contribution in [1.29, 1.82) is 0 Å². The summed E-state index contributed by atoms with van der Waals surface area (Å²) in [7, 11) is 0. The van der Waals surface area contributed by atoms with E-state index in [1.54, 1.807) is 12.1 Å². The third kappa shape index (κ3) is 4.53. The Morgan fingerprint density at radius 3 is 2.62 bits per heavy atom. The standard InChI is InChI=1S/C19H19F4NO2/c20-16-10-15(5-4-13(16)9-18-17(24)6-7-25-18)26-11-12-2-1-3-14(8-12)19(21,22)23/h1-5,8,10,17-18H,6-7,9,11,24H2. The summed E-state index contributed by atoms with van der Waals surface area (Å²) in [5, 5.41) is 0. The summed E-state index contributed by atoms with van der Waals surface area (Å²) in [5.74, 6) is -0.199. The second kappa shape index (κ2) is 7.63. The number of ether oxygens (including phenoxy) is 2. The van der Waals surface area contributed by atoms with Gasteiger partial charge >= 0.3 is 6.18 Å². The van der Waals surface area contributed by atoms with Crippen LogP contribution in [0.25, 0.3) is 0 Å². The van der Waals surface area contributed by atoms with E-state index in [1.165, 1.54) is 18.2 Å². The van der Waals surface area contributed by atoms with Crippen LogP contribution in [0.1, 0.15) is 23.1 Å². The highest BCUT2D eigenvalue weighted by Gasteiger charge is 2.30. The highest BCUT2D eigenvalue weighted by Crippen LogP contribution is 2.30. The Morgan fingerprint density at radius 1 is 1.15 bits per heavy atom. The van der Waals surface area contributed by atoms with Gasteiger partial charge in [-0.2, -0.15) is 13.2 Å². The van der Waals surface area contributed by atoms with Gasteiger partial charge in [-0.3, -0.25) is 0 Å². The topological polar surface area (TPSA) is 44.5 Å². The molecule has 2 aromatic rings. The molecule has 140 valence electrons. The minimum Gasteiger partial charge on any atom is -0.489 e. The third-order valence-corrected chi connectivity index (χ3v) is 4.37. The summed E-state index contributed by atoms with van der Waals surface area (Å²) in [4.78, 5) is 0. The van der Waals surface area contributed by atoms with Gasteiger partial charge in [-0.25, -0.2) is 4.39 Å². The van der Waals surface area contributed by atoms with Crippen molar-refractivity contribution in [2.24, 2.45) is 5.73 Å². The maximum Gasteiger partial charge on any atom is 0.416 e. The van der Waals surface area contributed by atoms with Crippen LogP contribution in [0.5, 0.6) is 5.75 Å². The van der Waals surface area contributed by atoms with E-state index < -0.39 is 17.6 Å². The van der Waals surface area contributed by atoms with Crippen molar-refractivity contribution in [3.05, 3.63) is 65.0 Å². The predicted octanol–water partition coefficient (Wildman–Crippen LogP) is 4.08. The van der Waals surface area contributed by atoms with Gasteiger partial charge in [-0.1, -0.05) is 18.2 Å². The molecule has 3 rings (SSSR count). The lowest BCUT2D eigenvalue weighted by Gasteiger charge is -2.15. The smallest absolute Gasteiger partial charge is 0.416 e. The van der Waals surface area contributed by atoms with Crippen LogP contribution in [0.15, 0.2) is 42.5 Å². The summed E-state index contributed by atoms with van der Waals surface area (Å²) in [6.07, 6.45) is -3.49. The Morgan fingerprint density at radius 2 is 1.96 bits per heavy atom. The first-order valence-corrected chi connectivity index (χ1v) is 8.27. The van der Waals surface area contributed by atoms with E-state index in [9.17, 15) is 17.6 Å². The first-order valence-electron chi connectivity index (χ1n) is 8.27. The molecule has 0 saturated carbocycles. The lowest BCUT2D eigenvalue weighted by molar-refractivity contribution is -0.137. The molecule has 0 aliphatic carbocycles. The van der Waals surface area contributed by atoms with Crippen molar-refractivity contribution < 1.29 is 27.0 Å². The third-order valence-electron chi connectivity index (χ3n) is 4.37. The second-order valence-corrected chi connectivity index (χ2v) is 6.31. The zero-order valence-electron chi connectivity index (χ0n) is 13.9. The molecule has 7 heteroatoms. The molecule has 0 spiro atoms. The minimum atomic E-state index is -4.41. The molecule has 1 aliphatic rings. The Labute approximate surface area is 148 Å². The fourth-order valence-corrected chi connectivity index (χ4v) is 2.88. The molecule has 2 N–H and O–H groups in total. The predicted molar refractivity (Wildman–Crippen MR) is 88.2 cm³/mol. The Balaban J connectivity index is 1.63. The molecule has 1 fully saturated rings. The maximum atomic E-state index is 14.3. The summed E-state index contributed by atoms with van der Waals surface area (Å²) in [6, 6.07) is 9.15. The van der Waals surface area contributed by atoms with Crippen molar-refractivity contribution in [2.45, 2.75) is 37.8 Å². The molecular formula is C19H19F4NO2. The van der Waals surface area contributed by atoms with Gasteiger partial charge in [0.05, 0.1) is 11.7 Å². The number of hydrogen-bond donors (Lipinski definition) is 1. The molecule has 0 aromatic heterocycles. The van der Waals surface area contributed by atoms with Gasteiger partial charge in [-0.05, 0) is 35.7 Å². The van der Waals surface area contributed by atoms with Crippen molar-refractivity contribution in [1.82, 2.24) is 0 Å². The van der Waals surface area contributed by atoms with Crippen LogP contribution < -0.4 is 10.5 Å². The van der Waals surface area contributed by atoms with Gasteiger partial charge in [0.1, 0.15) is 18.2 Å². The average molecular weight is 369 g/mol. The Hall–Kier alpha value is -2.12. The monoisotopic (exact) mass is 369 g/mol. The SMILES string of the molecule is NC1CCOC1Cc1ccc(OCc2cccc(C(F)(F)F)c2)cc1F. The van der Waals surface area contributed by atoms with Crippen LogP contribution in [0, 0.1) is 5.82 Å². The second-order valence-electron chi connectivity index (χ2n) is 6.31. The number of alkyl halides is 3. The summed E-state index contributed by atoms with van der Waals surface area (Å²) >= 11 is 0. The Kier molecular flexibility index (Phi) is 5.48. The minimum absolute atomic E-state index is 0.0840. The van der Waals surface area contributed by atoms with Crippen molar-refractivity contribution in [3.63, 3.8) is 0 Å². The van der Waals surface area contributed by atoms with Gasteiger partial charge in [0.25, 0.3) is 0 Å². The van der Waals surface area contributed by atoms with E-state index in [0.29, 0.717) is 24.2 Å². The quantitative estimate of drug-likeness (QED) is 0.808. The van der Waals surface area contributed by atoms with Gasteiger partial charge in [0, 0.05) is 25.1 Å². The molecule has 2 atom stereocenters. The zero-order chi connectivity index (χ0) is 18.7. The molecule has 0 bridgehead atoms. The lowest BCUT2D eigenvalue weighted by Crippen LogP contribution is -2.31. The number of hydrogen-bond acceptors (Lipinski definition) is 3. The van der Waals surface area contributed by atoms with E-state index in [0.717, 1.165) is 18.6 Å². The number of nitrogens with two attached hydrogens (primary N) is 1. The van der Waals surface area contributed by atoms with Gasteiger partial charge in [-0.15, -0.1) is 0 Å². The first-order chi connectivity index (χ1) is 12.3. The van der Waals surface area contributed by atoms with E-state index in [-0.39, 0.29) is 24.5 Å². The molecule has 2 unspecified atom stereocenters. The molecule has 1 heterocycles. The highest BCUT2D eigenvalue weighted by atomic mass is 19.4. The van der Waals surface area contributed by atoms with Gasteiger partial charge in [0.15, 0.2) is 0 Å². The van der Waals surface area contributed by atoms with Crippen LogP contribution in [0.2, 0.25) is 0 Å². The highest BCUT2D eigenvalue weighted by molar-refractivity contribution is 5.31. The molecule has 0 amide bonds. The van der Waals surface area contributed by atoms with Crippen LogP contribution in [0.4, 0.5) is 17.6 Å². The lowest BCUT2D eigenvalue weighted by atomic mass is 10.0. The Bertz CT molecular complexity index is 763. The molecule has 2 aromatic carbocycles. The van der Waals surface area contributed by atoms with Crippen molar-refractivity contribution in [2.75, 3.05) is 6.61 Å². The van der Waals surface area contributed by atoms with E-state index in [4.69, 9.17) is 15.2 Å². The molecule has 26 heavy (non-hydrogen) atoms. The van der Waals surface area contributed by atoms with Gasteiger partial charge < -0.3 is 15.2 Å². The van der Waals surface area contributed by atoms with Crippen LogP contribution in [-0.4, -0.2) is 18.8 Å². The molecular weight excluding hydrogens is 350 g/mol. The van der Waals surface area contributed by atoms with Crippen LogP contribution in [-0.2, 0) is 23.9 Å². The fraction of sp³-hybridized carbons (Fsp3) is 0.368. The first kappa shape index (κ1) is 18.7. The van der Waals surface area contributed by atoms with E-state index in [1.807, 2.05) is 0 Å². The fourth-order valence-electron chi connectivity index (χ4n) is 2.88. The summed E-state index contributed by atoms with van der Waals surface area (Å²) in [5.41, 5.74) is 5.99. The normalized spacial score (nSPS) is 20.3. The molecule has 1 saturated heterocycles. The van der Waals surface area contributed by atoms with E-state index >= 15 is 0 Å². The largest absolute Gasteiger partial charge is 0.489 e. The summed E-state index contributed by atoms with van der Waals surface area (Å²) in [6.45, 7) is 0.491. The van der Waals surface area contributed by atoms with Crippen molar-refractivity contribution >= 4 is 0 Å². The maximum absolute atomic E-state index is 14.3. The van der Waals surface area contributed by atoms with E-state index in [2.05, 4.69) is 0 Å². The van der Waals surface area contributed by atoms with Gasteiger partial charge in [0.2, 0.25) is 0 Å². The summed E-state index contributed by atoms with van der Waals surface area (Å²) < 4.78 is 63.3. The van der Waals surface area contributed by atoms with Crippen LogP contribution in [0.3, 0.4) is 0 Å². The average Bonchev–Trinajstić information content (AvgIpc) is 2.99. The number of halogens is 4. The molecule has 1 aliphatic heterocycles. The molecule has 0 radical (unpaired) electrons. The number of benzene rings is 2. The van der Waals surface area contributed by atoms with Crippen molar-refractivity contribution in [3.8, 4) is 5.75 Å². The zero-order valence-corrected chi connectivity index (χ0v) is 13.9. The number of rotatable bonds is 5. The molecule has 3 nitrogen and oxygen atoms in total. The van der Waals surface area contributed by atoms with Crippen LogP contribution >= 0.6 is 0 Å².